The summed E-state index contributed by atoms with van der Waals surface area (Å²) < 4.78 is 13.0. The molecule has 0 unspecified atom stereocenters. The van der Waals surface area contributed by atoms with Crippen molar-refractivity contribution in [2.24, 2.45) is 5.92 Å². The Bertz CT molecular complexity index is 724. The molecule has 0 saturated carbocycles. The Labute approximate surface area is 146 Å². The number of benzene rings is 1. The normalized spacial score (nSPS) is 17.5. The Hall–Kier alpha value is -2.57. The highest BCUT2D eigenvalue weighted by Gasteiger charge is 2.23. The molecule has 1 saturated heterocycles. The number of hydrogen-bond donors (Lipinski definition) is 0. The number of fused-ring (bicyclic) bond motifs is 1. The molecular formula is C18H22N4O3. The van der Waals surface area contributed by atoms with Gasteiger partial charge < -0.3 is 14.4 Å². The first-order chi connectivity index (χ1) is 12.3. The molecule has 0 atom stereocenters. The monoisotopic (exact) mass is 342 g/mol. The molecule has 132 valence electrons. The van der Waals surface area contributed by atoms with Gasteiger partial charge in [-0.2, -0.15) is 5.10 Å². The van der Waals surface area contributed by atoms with Gasteiger partial charge in [0.1, 0.15) is 25.9 Å². The fourth-order valence-corrected chi connectivity index (χ4v) is 3.44. The summed E-state index contributed by atoms with van der Waals surface area (Å²) in [6.45, 7) is 3.63. The molecule has 1 amide bonds. The molecule has 7 nitrogen and oxygen atoms in total. The van der Waals surface area contributed by atoms with Gasteiger partial charge in [0, 0.05) is 19.6 Å². The standard InChI is InChI=1S/C18H22N4O3/c23-18(10-15-1-2-16-17(9-15)25-8-7-24-16)21-5-3-14(4-6-21)11-22-13-19-12-20-22/h1-2,9,12-14H,3-8,10-11H2. The van der Waals surface area contributed by atoms with Crippen LogP contribution in [0.25, 0.3) is 0 Å². The van der Waals surface area contributed by atoms with Crippen molar-refractivity contribution in [3.63, 3.8) is 0 Å². The Morgan fingerprint density at radius 2 is 1.96 bits per heavy atom. The van der Waals surface area contributed by atoms with Crippen molar-refractivity contribution in [2.45, 2.75) is 25.8 Å². The highest BCUT2D eigenvalue weighted by atomic mass is 16.6. The highest BCUT2D eigenvalue weighted by Crippen LogP contribution is 2.31. The van der Waals surface area contributed by atoms with Gasteiger partial charge in [-0.15, -0.1) is 0 Å². The molecule has 1 fully saturated rings. The Balaban J connectivity index is 1.30. The largest absolute Gasteiger partial charge is 0.486 e. The number of amides is 1. The average molecular weight is 342 g/mol. The van der Waals surface area contributed by atoms with E-state index >= 15 is 0 Å². The number of rotatable bonds is 4. The van der Waals surface area contributed by atoms with E-state index in [0.29, 0.717) is 25.6 Å². The molecule has 1 aromatic heterocycles. The van der Waals surface area contributed by atoms with E-state index in [9.17, 15) is 4.79 Å². The van der Waals surface area contributed by atoms with Gasteiger partial charge >= 0.3 is 0 Å². The number of likely N-dealkylation sites (tertiary alicyclic amines) is 1. The SMILES string of the molecule is O=C(Cc1ccc2c(c1)OCCO2)N1CCC(Cn2cncn2)CC1. The van der Waals surface area contributed by atoms with Crippen molar-refractivity contribution in [2.75, 3.05) is 26.3 Å². The van der Waals surface area contributed by atoms with E-state index in [2.05, 4.69) is 10.1 Å². The van der Waals surface area contributed by atoms with Crippen molar-refractivity contribution in [3.05, 3.63) is 36.4 Å². The van der Waals surface area contributed by atoms with Crippen molar-refractivity contribution < 1.29 is 14.3 Å². The van der Waals surface area contributed by atoms with Crippen LogP contribution < -0.4 is 9.47 Å². The third-order valence-electron chi connectivity index (χ3n) is 4.84. The first-order valence-electron chi connectivity index (χ1n) is 8.76. The van der Waals surface area contributed by atoms with E-state index < -0.39 is 0 Å². The van der Waals surface area contributed by atoms with Gasteiger partial charge in [0.25, 0.3) is 0 Å². The molecule has 25 heavy (non-hydrogen) atoms. The summed E-state index contributed by atoms with van der Waals surface area (Å²) >= 11 is 0. The smallest absolute Gasteiger partial charge is 0.226 e. The van der Waals surface area contributed by atoms with E-state index in [4.69, 9.17) is 9.47 Å². The minimum atomic E-state index is 0.177. The van der Waals surface area contributed by atoms with Gasteiger partial charge in [-0.1, -0.05) is 6.07 Å². The van der Waals surface area contributed by atoms with Crippen molar-refractivity contribution in [3.8, 4) is 11.5 Å². The molecule has 4 rings (SSSR count). The minimum Gasteiger partial charge on any atom is -0.486 e. The van der Waals surface area contributed by atoms with E-state index in [1.54, 1.807) is 12.7 Å². The summed E-state index contributed by atoms with van der Waals surface area (Å²) in [6, 6.07) is 5.76. The highest BCUT2D eigenvalue weighted by molar-refractivity contribution is 5.79. The lowest BCUT2D eigenvalue weighted by Gasteiger charge is -2.32. The van der Waals surface area contributed by atoms with Crippen molar-refractivity contribution in [1.82, 2.24) is 19.7 Å². The zero-order chi connectivity index (χ0) is 17.1. The van der Waals surface area contributed by atoms with Crippen LogP contribution in [0.1, 0.15) is 18.4 Å². The number of nitrogens with zero attached hydrogens (tertiary/aromatic N) is 4. The van der Waals surface area contributed by atoms with Crippen LogP contribution in [0.4, 0.5) is 0 Å². The molecule has 7 heteroatoms. The number of carbonyl (C=O) groups excluding carboxylic acids is 1. The fourth-order valence-electron chi connectivity index (χ4n) is 3.44. The zero-order valence-corrected chi connectivity index (χ0v) is 14.1. The molecule has 2 aliphatic rings. The third kappa shape index (κ3) is 3.75. The molecule has 2 aliphatic heterocycles. The minimum absolute atomic E-state index is 0.177. The predicted molar refractivity (Wildman–Crippen MR) is 90.5 cm³/mol. The summed E-state index contributed by atoms with van der Waals surface area (Å²) in [7, 11) is 0. The topological polar surface area (TPSA) is 69.5 Å². The zero-order valence-electron chi connectivity index (χ0n) is 14.1. The molecule has 0 N–H and O–H groups in total. The average Bonchev–Trinajstić information content (AvgIpc) is 3.15. The number of piperidine rings is 1. The van der Waals surface area contributed by atoms with Crippen LogP contribution in [0.2, 0.25) is 0 Å². The Kier molecular flexibility index (Phi) is 4.54. The summed E-state index contributed by atoms with van der Waals surface area (Å²) in [5, 5.41) is 4.16. The fraction of sp³-hybridized carbons (Fsp3) is 0.500. The maximum absolute atomic E-state index is 12.6. The van der Waals surface area contributed by atoms with Crippen LogP contribution in [-0.4, -0.2) is 51.9 Å². The molecule has 0 radical (unpaired) electrons. The molecular weight excluding hydrogens is 320 g/mol. The summed E-state index contributed by atoms with van der Waals surface area (Å²) in [4.78, 5) is 18.5. The molecule has 0 spiro atoms. The summed E-state index contributed by atoms with van der Waals surface area (Å²) in [6.07, 6.45) is 5.73. The maximum Gasteiger partial charge on any atom is 0.226 e. The van der Waals surface area contributed by atoms with Crippen molar-refractivity contribution >= 4 is 5.91 Å². The van der Waals surface area contributed by atoms with Crippen LogP contribution in [0.15, 0.2) is 30.9 Å². The van der Waals surface area contributed by atoms with Gasteiger partial charge in [-0.05, 0) is 36.5 Å². The van der Waals surface area contributed by atoms with Gasteiger partial charge in [-0.3, -0.25) is 9.48 Å². The number of hydrogen-bond acceptors (Lipinski definition) is 5. The van der Waals surface area contributed by atoms with Gasteiger partial charge in [0.05, 0.1) is 6.42 Å². The summed E-state index contributed by atoms with van der Waals surface area (Å²) in [5.41, 5.74) is 0.971. The molecule has 2 aromatic rings. The van der Waals surface area contributed by atoms with Crippen LogP contribution >= 0.6 is 0 Å². The summed E-state index contributed by atoms with van der Waals surface area (Å²) in [5.74, 6) is 2.23. The van der Waals surface area contributed by atoms with Crippen LogP contribution in [0.3, 0.4) is 0 Å². The second kappa shape index (κ2) is 7.13. The van der Waals surface area contributed by atoms with Gasteiger partial charge in [-0.25, -0.2) is 4.98 Å². The first-order valence-corrected chi connectivity index (χ1v) is 8.76. The van der Waals surface area contributed by atoms with Crippen LogP contribution in [-0.2, 0) is 17.8 Å². The second-order valence-electron chi connectivity index (χ2n) is 6.60. The first kappa shape index (κ1) is 15.9. The van der Waals surface area contributed by atoms with Crippen LogP contribution in [0, 0.1) is 5.92 Å². The molecule has 0 bridgehead atoms. The van der Waals surface area contributed by atoms with Gasteiger partial charge in [0.15, 0.2) is 11.5 Å². The lowest BCUT2D eigenvalue weighted by atomic mass is 9.96. The van der Waals surface area contributed by atoms with Crippen molar-refractivity contribution in [1.29, 1.82) is 0 Å². The van der Waals surface area contributed by atoms with Crippen LogP contribution in [0.5, 0.6) is 11.5 Å². The third-order valence-corrected chi connectivity index (χ3v) is 4.84. The van der Waals surface area contributed by atoms with Gasteiger partial charge in [0.2, 0.25) is 5.91 Å². The predicted octanol–water partition coefficient (Wildman–Crippen LogP) is 1.53. The number of aromatic nitrogens is 3. The van der Waals surface area contributed by atoms with E-state index in [-0.39, 0.29) is 5.91 Å². The lowest BCUT2D eigenvalue weighted by Crippen LogP contribution is -2.40. The number of ether oxygens (including phenoxy) is 2. The van der Waals surface area contributed by atoms with E-state index in [0.717, 1.165) is 49.5 Å². The number of carbonyl (C=O) groups is 1. The lowest BCUT2D eigenvalue weighted by molar-refractivity contribution is -0.131. The van der Waals surface area contributed by atoms with E-state index in [1.165, 1.54) is 0 Å². The quantitative estimate of drug-likeness (QED) is 0.843. The molecule has 0 aliphatic carbocycles. The van der Waals surface area contributed by atoms with E-state index in [1.807, 2.05) is 27.8 Å². The Morgan fingerprint density at radius 3 is 2.72 bits per heavy atom. The molecule has 3 heterocycles. The molecule has 1 aromatic carbocycles. The Morgan fingerprint density at radius 1 is 1.16 bits per heavy atom. The second-order valence-corrected chi connectivity index (χ2v) is 6.60. The maximum atomic E-state index is 12.6.